The van der Waals surface area contributed by atoms with Crippen LogP contribution in [0, 0.1) is 6.92 Å². The second-order valence-corrected chi connectivity index (χ2v) is 9.89. The number of carbonyl (C=O) groups is 3. The van der Waals surface area contributed by atoms with Gasteiger partial charge >= 0.3 is 5.97 Å². The van der Waals surface area contributed by atoms with E-state index in [0.717, 1.165) is 22.9 Å². The number of thiophene rings is 1. The fourth-order valence-corrected chi connectivity index (χ4v) is 5.18. The second kappa shape index (κ2) is 9.94. The zero-order valence-corrected chi connectivity index (χ0v) is 20.9. The highest BCUT2D eigenvalue weighted by molar-refractivity contribution is 9.10. The molecule has 1 fully saturated rings. The van der Waals surface area contributed by atoms with E-state index in [1.165, 1.54) is 23.3 Å². The smallest absolute Gasteiger partial charge is 0.353 e. The molecule has 0 atom stereocenters. The molecule has 2 amide bonds. The number of carbonyl (C=O) groups excluding carboxylic acids is 3. The van der Waals surface area contributed by atoms with Crippen molar-refractivity contribution in [3.05, 3.63) is 84.9 Å². The number of ether oxygens (including phenoxy) is 2. The van der Waals surface area contributed by atoms with Gasteiger partial charge in [0.2, 0.25) is 0 Å². The summed E-state index contributed by atoms with van der Waals surface area (Å²) in [7, 11) is 1.46. The summed E-state index contributed by atoms with van der Waals surface area (Å²) >= 11 is 5.59. The van der Waals surface area contributed by atoms with Crippen LogP contribution < -0.4 is 9.47 Å². The van der Waals surface area contributed by atoms with Crippen LogP contribution in [-0.4, -0.2) is 29.1 Å². The first-order valence-electron chi connectivity index (χ1n) is 9.80. The van der Waals surface area contributed by atoms with Crippen molar-refractivity contribution in [2.45, 2.75) is 13.5 Å². The monoisotopic (exact) mass is 543 g/mol. The van der Waals surface area contributed by atoms with E-state index >= 15 is 0 Å². The predicted octanol–water partition coefficient (Wildman–Crippen LogP) is 6.28. The van der Waals surface area contributed by atoms with Gasteiger partial charge in [0.1, 0.15) is 4.88 Å². The summed E-state index contributed by atoms with van der Waals surface area (Å²) in [5.74, 6) is -0.286. The molecule has 1 aromatic heterocycles. The molecular formula is C24H18BrNO5S2. The standard InChI is InChI=1S/C24H18BrNO5S2/c1-14-6-3-4-7-16(14)13-26-22(27)20(33-24(26)29)12-15-10-17(25)21(18(11-15)30-2)31-23(28)19-8-5-9-32-19/h3-12H,13H2,1-2H3/b20-12-. The van der Waals surface area contributed by atoms with Crippen molar-refractivity contribution in [1.82, 2.24) is 4.90 Å². The van der Waals surface area contributed by atoms with Gasteiger partial charge in [-0.25, -0.2) is 4.79 Å². The van der Waals surface area contributed by atoms with E-state index in [4.69, 9.17) is 9.47 Å². The van der Waals surface area contributed by atoms with Crippen LogP contribution in [0.1, 0.15) is 26.4 Å². The molecule has 168 valence electrons. The number of rotatable bonds is 6. The minimum Gasteiger partial charge on any atom is -0.493 e. The third-order valence-electron chi connectivity index (χ3n) is 4.93. The van der Waals surface area contributed by atoms with Crippen molar-refractivity contribution in [1.29, 1.82) is 0 Å². The maximum Gasteiger partial charge on any atom is 0.353 e. The van der Waals surface area contributed by atoms with Crippen molar-refractivity contribution in [3.63, 3.8) is 0 Å². The van der Waals surface area contributed by atoms with Gasteiger partial charge in [-0.3, -0.25) is 14.5 Å². The van der Waals surface area contributed by atoms with E-state index in [0.29, 0.717) is 25.6 Å². The highest BCUT2D eigenvalue weighted by Gasteiger charge is 2.35. The lowest BCUT2D eigenvalue weighted by molar-refractivity contribution is -0.123. The molecule has 0 aliphatic carbocycles. The van der Waals surface area contributed by atoms with Gasteiger partial charge in [0, 0.05) is 0 Å². The van der Waals surface area contributed by atoms with Gasteiger partial charge in [-0.2, -0.15) is 0 Å². The molecular weight excluding hydrogens is 526 g/mol. The van der Waals surface area contributed by atoms with E-state index in [2.05, 4.69) is 15.9 Å². The van der Waals surface area contributed by atoms with Gasteiger partial charge in [-0.05, 0) is 81.0 Å². The molecule has 2 heterocycles. The van der Waals surface area contributed by atoms with Gasteiger partial charge in [0.15, 0.2) is 11.5 Å². The molecule has 2 aromatic carbocycles. The van der Waals surface area contributed by atoms with Crippen LogP contribution in [0.4, 0.5) is 4.79 Å². The number of nitrogens with zero attached hydrogens (tertiary/aromatic N) is 1. The van der Waals surface area contributed by atoms with Crippen LogP contribution in [0.25, 0.3) is 6.08 Å². The number of halogens is 1. The fourth-order valence-electron chi connectivity index (χ4n) is 3.21. The SMILES string of the molecule is COc1cc(/C=C2\SC(=O)N(Cc3ccccc3C)C2=O)cc(Br)c1OC(=O)c1cccs1. The summed E-state index contributed by atoms with van der Waals surface area (Å²) < 4.78 is 11.4. The molecule has 33 heavy (non-hydrogen) atoms. The summed E-state index contributed by atoms with van der Waals surface area (Å²) in [5.41, 5.74) is 2.56. The zero-order valence-electron chi connectivity index (χ0n) is 17.7. The number of esters is 1. The Morgan fingerprint density at radius 1 is 1.15 bits per heavy atom. The molecule has 0 saturated carbocycles. The van der Waals surface area contributed by atoms with Crippen molar-refractivity contribution in [2.75, 3.05) is 7.11 Å². The van der Waals surface area contributed by atoms with Crippen molar-refractivity contribution in [2.24, 2.45) is 0 Å². The summed E-state index contributed by atoms with van der Waals surface area (Å²) in [6.07, 6.45) is 1.63. The number of imide groups is 1. The van der Waals surface area contributed by atoms with Crippen LogP contribution in [-0.2, 0) is 11.3 Å². The van der Waals surface area contributed by atoms with Gasteiger partial charge in [-0.15, -0.1) is 11.3 Å². The summed E-state index contributed by atoms with van der Waals surface area (Å²) in [5, 5.41) is 1.47. The molecule has 0 bridgehead atoms. The normalized spacial score (nSPS) is 14.8. The third kappa shape index (κ3) is 5.05. The number of aryl methyl sites for hydroxylation is 1. The predicted molar refractivity (Wildman–Crippen MR) is 133 cm³/mol. The fraction of sp³-hybridized carbons (Fsp3) is 0.125. The van der Waals surface area contributed by atoms with Gasteiger partial charge in [-0.1, -0.05) is 30.3 Å². The quantitative estimate of drug-likeness (QED) is 0.207. The minimum atomic E-state index is -0.492. The average Bonchev–Trinajstić information content (AvgIpc) is 3.42. The van der Waals surface area contributed by atoms with E-state index in [-0.39, 0.29) is 23.4 Å². The van der Waals surface area contributed by atoms with E-state index < -0.39 is 5.97 Å². The molecule has 1 aliphatic rings. The number of benzene rings is 2. The topological polar surface area (TPSA) is 72.9 Å². The number of methoxy groups -OCH3 is 1. The highest BCUT2D eigenvalue weighted by atomic mass is 79.9. The lowest BCUT2D eigenvalue weighted by atomic mass is 10.1. The molecule has 0 N–H and O–H groups in total. The molecule has 1 aliphatic heterocycles. The Balaban J connectivity index is 1.58. The molecule has 3 aromatic rings. The second-order valence-electron chi connectivity index (χ2n) is 7.10. The highest BCUT2D eigenvalue weighted by Crippen LogP contribution is 2.40. The zero-order chi connectivity index (χ0) is 23.5. The van der Waals surface area contributed by atoms with Crippen molar-refractivity contribution >= 4 is 62.2 Å². The Labute approximate surface area is 207 Å². The van der Waals surface area contributed by atoms with E-state index in [1.54, 1.807) is 35.7 Å². The first-order chi connectivity index (χ1) is 15.9. The van der Waals surface area contributed by atoms with Gasteiger partial charge in [0.05, 0.1) is 23.0 Å². The maximum absolute atomic E-state index is 12.9. The molecule has 1 saturated heterocycles. The van der Waals surface area contributed by atoms with Crippen LogP contribution in [0.15, 0.2) is 63.3 Å². The van der Waals surface area contributed by atoms with Gasteiger partial charge < -0.3 is 9.47 Å². The first-order valence-corrected chi connectivity index (χ1v) is 12.3. The molecule has 9 heteroatoms. The lowest BCUT2D eigenvalue weighted by Crippen LogP contribution is -2.27. The summed E-state index contributed by atoms with van der Waals surface area (Å²) in [4.78, 5) is 39.8. The molecule has 0 radical (unpaired) electrons. The summed E-state index contributed by atoms with van der Waals surface area (Å²) in [6, 6.07) is 14.4. The van der Waals surface area contributed by atoms with Crippen molar-refractivity contribution < 1.29 is 23.9 Å². The van der Waals surface area contributed by atoms with Crippen LogP contribution in [0.3, 0.4) is 0 Å². The Morgan fingerprint density at radius 3 is 2.64 bits per heavy atom. The average molecular weight is 544 g/mol. The van der Waals surface area contributed by atoms with E-state index in [1.807, 2.05) is 31.2 Å². The Hall–Kier alpha value is -2.88. The van der Waals surface area contributed by atoms with E-state index in [9.17, 15) is 14.4 Å². The van der Waals surface area contributed by atoms with Crippen LogP contribution in [0.2, 0.25) is 0 Å². The Morgan fingerprint density at radius 2 is 1.94 bits per heavy atom. The molecule has 6 nitrogen and oxygen atoms in total. The molecule has 0 spiro atoms. The third-order valence-corrected chi connectivity index (χ3v) is 7.28. The van der Waals surface area contributed by atoms with Gasteiger partial charge in [0.25, 0.3) is 11.1 Å². The number of amides is 2. The lowest BCUT2D eigenvalue weighted by Gasteiger charge is -2.14. The van der Waals surface area contributed by atoms with Crippen LogP contribution in [0.5, 0.6) is 11.5 Å². The Kier molecular flexibility index (Phi) is 7.02. The largest absolute Gasteiger partial charge is 0.493 e. The number of thioether (sulfide) groups is 1. The number of hydrogen-bond acceptors (Lipinski definition) is 7. The summed E-state index contributed by atoms with van der Waals surface area (Å²) in [6.45, 7) is 2.17. The molecule has 4 rings (SSSR count). The maximum atomic E-state index is 12.9. The van der Waals surface area contributed by atoms with Crippen molar-refractivity contribution in [3.8, 4) is 11.5 Å². The minimum absolute atomic E-state index is 0.222. The van der Waals surface area contributed by atoms with Crippen LogP contribution >= 0.6 is 39.0 Å². The first kappa shape index (κ1) is 23.3. The Bertz CT molecular complexity index is 1270. The molecule has 0 unspecified atom stereocenters. The number of hydrogen-bond donors (Lipinski definition) is 0.